The minimum Gasteiger partial charge on any atom is -0.432 e. The number of carbonyl (C=O) groups is 2. The molecule has 0 aromatic heterocycles. The monoisotopic (exact) mass is 278 g/mol. The molecule has 0 aromatic carbocycles. The number of aliphatic hydroxyl groups is 4. The Kier molecular flexibility index (Phi) is 5.39. The van der Waals surface area contributed by atoms with Crippen LogP contribution < -0.4 is 0 Å². The number of hydrogen-bond donors (Lipinski definition) is 4. The molecule has 1 heterocycles. The third-order valence-corrected chi connectivity index (χ3v) is 3.04. The molecule has 0 saturated carbocycles. The van der Waals surface area contributed by atoms with E-state index in [1.54, 1.807) is 0 Å². The van der Waals surface area contributed by atoms with Crippen LogP contribution in [0.5, 0.6) is 0 Å². The second-order valence-corrected chi connectivity index (χ2v) is 4.47. The van der Waals surface area contributed by atoms with Crippen LogP contribution in [0.15, 0.2) is 0 Å². The zero-order chi connectivity index (χ0) is 14.7. The number of hydrogen-bond acceptors (Lipinski definition) is 8. The van der Waals surface area contributed by atoms with Crippen LogP contribution in [0, 0.1) is 5.92 Å². The highest BCUT2D eigenvalue weighted by molar-refractivity contribution is 5.97. The molecule has 1 aliphatic heterocycles. The van der Waals surface area contributed by atoms with Gasteiger partial charge in [-0.3, -0.25) is 9.59 Å². The lowest BCUT2D eigenvalue weighted by Gasteiger charge is -2.39. The van der Waals surface area contributed by atoms with Gasteiger partial charge in [-0.25, -0.2) is 0 Å². The van der Waals surface area contributed by atoms with Crippen molar-refractivity contribution in [2.24, 2.45) is 5.92 Å². The lowest BCUT2D eigenvalue weighted by molar-refractivity contribution is -0.293. The summed E-state index contributed by atoms with van der Waals surface area (Å²) >= 11 is 0. The van der Waals surface area contributed by atoms with Gasteiger partial charge in [0, 0.05) is 0 Å². The van der Waals surface area contributed by atoms with E-state index in [9.17, 15) is 24.9 Å². The number of aliphatic hydroxyl groups excluding tert-OH is 4. The van der Waals surface area contributed by atoms with E-state index in [1.807, 2.05) is 0 Å². The second kappa shape index (κ2) is 6.40. The van der Waals surface area contributed by atoms with Crippen molar-refractivity contribution in [3.63, 3.8) is 0 Å². The molecule has 1 fully saturated rings. The second-order valence-electron chi connectivity index (χ2n) is 4.47. The quantitative estimate of drug-likeness (QED) is 0.329. The molecule has 8 heteroatoms. The number of ketones is 1. The van der Waals surface area contributed by atoms with Crippen LogP contribution in [-0.2, 0) is 19.1 Å². The Morgan fingerprint density at radius 2 is 1.79 bits per heavy atom. The predicted molar refractivity (Wildman–Crippen MR) is 59.7 cm³/mol. The average Bonchev–Trinajstić information content (AvgIpc) is 2.38. The smallest absolute Gasteiger partial charge is 0.318 e. The predicted octanol–water partition coefficient (Wildman–Crippen LogP) is -2.45. The van der Waals surface area contributed by atoms with Gasteiger partial charge in [-0.1, -0.05) is 0 Å². The molecule has 6 unspecified atom stereocenters. The Labute approximate surface area is 109 Å². The Hall–Kier alpha value is -1.06. The fourth-order valence-electron chi connectivity index (χ4n) is 1.55. The Bertz CT molecular complexity index is 342. The first-order chi connectivity index (χ1) is 8.79. The van der Waals surface area contributed by atoms with Crippen molar-refractivity contribution >= 4 is 11.8 Å². The summed E-state index contributed by atoms with van der Waals surface area (Å²) in [6, 6.07) is 0. The van der Waals surface area contributed by atoms with E-state index >= 15 is 0 Å². The van der Waals surface area contributed by atoms with Crippen molar-refractivity contribution in [3.05, 3.63) is 0 Å². The highest BCUT2D eigenvalue weighted by Gasteiger charge is 2.45. The maximum absolute atomic E-state index is 11.5. The van der Waals surface area contributed by atoms with Crippen LogP contribution in [0.25, 0.3) is 0 Å². The van der Waals surface area contributed by atoms with Gasteiger partial charge in [0.15, 0.2) is 0 Å². The van der Waals surface area contributed by atoms with Gasteiger partial charge in [-0.2, -0.15) is 0 Å². The van der Waals surface area contributed by atoms with Crippen molar-refractivity contribution in [2.45, 2.75) is 44.6 Å². The molecule has 110 valence electrons. The van der Waals surface area contributed by atoms with Crippen molar-refractivity contribution < 1.29 is 39.5 Å². The van der Waals surface area contributed by atoms with Crippen LogP contribution in [0.4, 0.5) is 0 Å². The first kappa shape index (κ1) is 16.0. The number of esters is 1. The van der Waals surface area contributed by atoms with Gasteiger partial charge < -0.3 is 29.9 Å². The molecule has 0 aliphatic carbocycles. The van der Waals surface area contributed by atoms with E-state index in [1.165, 1.54) is 13.8 Å². The van der Waals surface area contributed by atoms with Crippen molar-refractivity contribution in [3.8, 4) is 0 Å². The third kappa shape index (κ3) is 3.48. The van der Waals surface area contributed by atoms with Crippen LogP contribution in [0.2, 0.25) is 0 Å². The summed E-state index contributed by atoms with van der Waals surface area (Å²) in [5.74, 6) is -2.38. The molecular weight excluding hydrogens is 260 g/mol. The summed E-state index contributed by atoms with van der Waals surface area (Å²) in [7, 11) is 0. The van der Waals surface area contributed by atoms with E-state index in [0.717, 1.165) is 0 Å². The van der Waals surface area contributed by atoms with Crippen LogP contribution >= 0.6 is 0 Å². The van der Waals surface area contributed by atoms with Gasteiger partial charge in [0.05, 0.1) is 6.61 Å². The number of carbonyl (C=O) groups excluding carboxylic acids is 2. The number of ether oxygens (including phenoxy) is 2. The largest absolute Gasteiger partial charge is 0.432 e. The first-order valence-electron chi connectivity index (χ1n) is 5.81. The van der Waals surface area contributed by atoms with Crippen LogP contribution in [-0.4, -0.2) is 69.5 Å². The van der Waals surface area contributed by atoms with Gasteiger partial charge in [0.2, 0.25) is 6.29 Å². The minimum absolute atomic E-state index is 0.422. The molecule has 6 atom stereocenters. The lowest BCUT2D eigenvalue weighted by atomic mass is 9.99. The first-order valence-corrected chi connectivity index (χ1v) is 5.81. The summed E-state index contributed by atoms with van der Waals surface area (Å²) < 4.78 is 9.73. The molecule has 0 aromatic rings. The van der Waals surface area contributed by atoms with Crippen molar-refractivity contribution in [1.29, 1.82) is 0 Å². The summed E-state index contributed by atoms with van der Waals surface area (Å²) in [6.07, 6.45) is -7.54. The molecular formula is C11H18O8. The molecule has 1 rings (SSSR count). The molecule has 0 bridgehead atoms. The van der Waals surface area contributed by atoms with Gasteiger partial charge in [-0.15, -0.1) is 0 Å². The highest BCUT2D eigenvalue weighted by atomic mass is 16.7. The normalized spacial score (nSPS) is 36.6. The standard InChI is InChI=1S/C11H18O8/c1-4(5(2)13)10(17)19-11-9(16)8(15)7(14)6(3-12)18-11/h4,6-9,11-12,14-16H,3H2,1-2H3. The molecule has 0 amide bonds. The summed E-state index contributed by atoms with van der Waals surface area (Å²) in [5.41, 5.74) is 0. The van der Waals surface area contributed by atoms with E-state index in [4.69, 9.17) is 14.6 Å². The topological polar surface area (TPSA) is 134 Å². The van der Waals surface area contributed by atoms with Gasteiger partial charge in [-0.05, 0) is 13.8 Å². The molecule has 1 saturated heterocycles. The highest BCUT2D eigenvalue weighted by Crippen LogP contribution is 2.22. The minimum atomic E-state index is -1.67. The van der Waals surface area contributed by atoms with Gasteiger partial charge >= 0.3 is 5.97 Å². The Morgan fingerprint density at radius 1 is 1.21 bits per heavy atom. The average molecular weight is 278 g/mol. The third-order valence-electron chi connectivity index (χ3n) is 3.04. The van der Waals surface area contributed by atoms with Crippen LogP contribution in [0.1, 0.15) is 13.8 Å². The van der Waals surface area contributed by atoms with Crippen molar-refractivity contribution in [1.82, 2.24) is 0 Å². The van der Waals surface area contributed by atoms with Crippen LogP contribution in [0.3, 0.4) is 0 Å². The molecule has 4 N–H and O–H groups in total. The fraction of sp³-hybridized carbons (Fsp3) is 0.818. The van der Waals surface area contributed by atoms with E-state index < -0.39 is 55.0 Å². The van der Waals surface area contributed by atoms with E-state index in [0.29, 0.717) is 0 Å². The SMILES string of the molecule is CC(=O)C(C)C(=O)OC1OC(CO)C(O)C(O)C1O. The summed E-state index contributed by atoms with van der Waals surface area (Å²) in [6.45, 7) is 1.91. The maximum atomic E-state index is 11.5. The van der Waals surface area contributed by atoms with E-state index in [-0.39, 0.29) is 0 Å². The lowest BCUT2D eigenvalue weighted by Crippen LogP contribution is -2.59. The molecule has 0 spiro atoms. The molecule has 8 nitrogen and oxygen atoms in total. The number of rotatable bonds is 4. The Balaban J connectivity index is 2.72. The summed E-state index contributed by atoms with van der Waals surface area (Å²) in [4.78, 5) is 22.6. The number of Topliss-reactive ketones (excluding diaryl/α,β-unsaturated/α-hetero) is 1. The van der Waals surface area contributed by atoms with E-state index in [2.05, 4.69) is 0 Å². The molecule has 1 aliphatic rings. The fourth-order valence-corrected chi connectivity index (χ4v) is 1.55. The van der Waals surface area contributed by atoms with Gasteiger partial charge in [0.25, 0.3) is 0 Å². The molecule has 0 radical (unpaired) electrons. The Morgan fingerprint density at radius 3 is 2.26 bits per heavy atom. The molecule has 19 heavy (non-hydrogen) atoms. The zero-order valence-electron chi connectivity index (χ0n) is 10.6. The van der Waals surface area contributed by atoms with Gasteiger partial charge in [0.1, 0.15) is 36.1 Å². The maximum Gasteiger partial charge on any atom is 0.318 e. The summed E-state index contributed by atoms with van der Waals surface area (Å²) in [5, 5.41) is 37.6. The zero-order valence-corrected chi connectivity index (χ0v) is 10.6. The van der Waals surface area contributed by atoms with Crippen molar-refractivity contribution in [2.75, 3.05) is 6.61 Å².